The van der Waals surface area contributed by atoms with Crippen LogP contribution in [0.25, 0.3) is 21.8 Å². The third kappa shape index (κ3) is 5.22. The standard InChI is InChI=1S/C27H28N2O5S/c1-4-29-24-8-6-5-7-22(24)23-17-20(11-14-25(23)29)28-27(31)19(3)34-26(30)15-16-35(32,33)21-12-9-18(2)10-13-21/h5-14,17,19H,4,15-16H2,1-3H3,(H,28,31). The van der Waals surface area contributed by atoms with E-state index in [1.807, 2.05) is 43.3 Å². The summed E-state index contributed by atoms with van der Waals surface area (Å²) in [7, 11) is -3.62. The Morgan fingerprint density at radius 3 is 2.37 bits per heavy atom. The second kappa shape index (κ2) is 9.92. The SMILES string of the molecule is CCn1c2ccccc2c2cc(NC(=O)C(C)OC(=O)CCS(=O)(=O)c3ccc(C)cc3)ccc21. The van der Waals surface area contributed by atoms with Crippen molar-refractivity contribution in [3.8, 4) is 0 Å². The van der Waals surface area contributed by atoms with E-state index in [-0.39, 0.29) is 17.1 Å². The van der Waals surface area contributed by atoms with Gasteiger partial charge in [-0.1, -0.05) is 35.9 Å². The molecule has 4 aromatic rings. The van der Waals surface area contributed by atoms with Crippen LogP contribution >= 0.6 is 0 Å². The molecule has 7 nitrogen and oxygen atoms in total. The van der Waals surface area contributed by atoms with Crippen molar-refractivity contribution < 1.29 is 22.7 Å². The Hall–Kier alpha value is -3.65. The number of nitrogens with one attached hydrogen (secondary N) is 1. The maximum absolute atomic E-state index is 12.7. The summed E-state index contributed by atoms with van der Waals surface area (Å²) < 4.78 is 32.3. The van der Waals surface area contributed by atoms with E-state index in [9.17, 15) is 18.0 Å². The molecular weight excluding hydrogens is 464 g/mol. The molecule has 1 aromatic heterocycles. The fraction of sp³-hybridized carbons (Fsp3) is 0.259. The first-order chi connectivity index (χ1) is 16.7. The highest BCUT2D eigenvalue weighted by Crippen LogP contribution is 2.31. The molecule has 8 heteroatoms. The lowest BCUT2D eigenvalue weighted by Crippen LogP contribution is -2.30. The average molecular weight is 493 g/mol. The fourth-order valence-electron chi connectivity index (χ4n) is 4.11. The molecular formula is C27H28N2O5S. The molecule has 0 saturated heterocycles. The van der Waals surface area contributed by atoms with Crippen LogP contribution in [0.2, 0.25) is 0 Å². The highest BCUT2D eigenvalue weighted by Gasteiger charge is 2.22. The number of ether oxygens (including phenoxy) is 1. The number of anilines is 1. The quantitative estimate of drug-likeness (QED) is 0.355. The Balaban J connectivity index is 1.39. The van der Waals surface area contributed by atoms with E-state index < -0.39 is 27.8 Å². The number of fused-ring (bicyclic) bond motifs is 3. The van der Waals surface area contributed by atoms with E-state index in [2.05, 4.69) is 22.9 Å². The van der Waals surface area contributed by atoms with E-state index in [1.165, 1.54) is 19.1 Å². The Morgan fingerprint density at radius 1 is 0.971 bits per heavy atom. The largest absolute Gasteiger partial charge is 0.453 e. The molecule has 182 valence electrons. The highest BCUT2D eigenvalue weighted by atomic mass is 32.2. The number of esters is 1. The van der Waals surface area contributed by atoms with Crippen molar-refractivity contribution in [2.75, 3.05) is 11.1 Å². The Kier molecular flexibility index (Phi) is 6.93. The van der Waals surface area contributed by atoms with Gasteiger partial charge in [0.15, 0.2) is 15.9 Å². The van der Waals surface area contributed by atoms with Gasteiger partial charge < -0.3 is 14.6 Å². The van der Waals surface area contributed by atoms with Gasteiger partial charge in [0, 0.05) is 34.0 Å². The third-order valence-electron chi connectivity index (χ3n) is 5.99. The van der Waals surface area contributed by atoms with Gasteiger partial charge in [-0.3, -0.25) is 9.59 Å². The normalized spacial score (nSPS) is 12.5. The fourth-order valence-corrected chi connectivity index (χ4v) is 5.33. The van der Waals surface area contributed by atoms with Gasteiger partial charge in [0.2, 0.25) is 0 Å². The number of benzene rings is 3. The van der Waals surface area contributed by atoms with Gasteiger partial charge in [0.25, 0.3) is 5.91 Å². The van der Waals surface area contributed by atoms with Crippen molar-refractivity contribution in [3.63, 3.8) is 0 Å². The average Bonchev–Trinajstić information content (AvgIpc) is 3.16. The lowest BCUT2D eigenvalue weighted by molar-refractivity contribution is -0.152. The number of aryl methyl sites for hydroxylation is 2. The molecule has 4 rings (SSSR count). The van der Waals surface area contributed by atoms with Crippen molar-refractivity contribution in [2.45, 2.75) is 44.7 Å². The monoisotopic (exact) mass is 492 g/mol. The Morgan fingerprint density at radius 2 is 1.66 bits per heavy atom. The number of aromatic nitrogens is 1. The first-order valence-corrected chi connectivity index (χ1v) is 13.2. The van der Waals surface area contributed by atoms with Crippen LogP contribution in [-0.2, 0) is 30.7 Å². The predicted molar refractivity (Wildman–Crippen MR) is 137 cm³/mol. The van der Waals surface area contributed by atoms with Crippen LogP contribution in [-0.4, -0.2) is 36.7 Å². The molecule has 1 atom stereocenters. The van der Waals surface area contributed by atoms with E-state index >= 15 is 0 Å². The zero-order chi connectivity index (χ0) is 25.2. The van der Waals surface area contributed by atoms with Crippen LogP contribution in [0.3, 0.4) is 0 Å². The first kappa shape index (κ1) is 24.5. The highest BCUT2D eigenvalue weighted by molar-refractivity contribution is 7.91. The smallest absolute Gasteiger partial charge is 0.307 e. The molecule has 1 unspecified atom stereocenters. The van der Waals surface area contributed by atoms with Crippen molar-refractivity contribution >= 4 is 49.2 Å². The van der Waals surface area contributed by atoms with E-state index in [4.69, 9.17) is 4.74 Å². The van der Waals surface area contributed by atoms with Gasteiger partial charge >= 0.3 is 5.97 Å². The molecule has 1 N–H and O–H groups in total. The summed E-state index contributed by atoms with van der Waals surface area (Å²) in [4.78, 5) is 25.0. The van der Waals surface area contributed by atoms with Crippen LogP contribution in [0.15, 0.2) is 71.6 Å². The van der Waals surface area contributed by atoms with Crippen molar-refractivity contribution in [1.29, 1.82) is 0 Å². The number of hydrogen-bond donors (Lipinski definition) is 1. The van der Waals surface area contributed by atoms with Gasteiger partial charge in [0.1, 0.15) is 0 Å². The summed E-state index contributed by atoms with van der Waals surface area (Å²) >= 11 is 0. The predicted octanol–water partition coefficient (Wildman–Crippen LogP) is 4.86. The Bertz CT molecular complexity index is 1500. The second-order valence-electron chi connectivity index (χ2n) is 8.50. The molecule has 0 spiro atoms. The van der Waals surface area contributed by atoms with Gasteiger partial charge in [-0.05, 0) is 57.2 Å². The number of para-hydroxylation sites is 1. The van der Waals surface area contributed by atoms with E-state index in [0.717, 1.165) is 33.9 Å². The number of rotatable bonds is 8. The molecule has 1 amide bonds. The topological polar surface area (TPSA) is 94.5 Å². The minimum atomic E-state index is -3.62. The van der Waals surface area contributed by atoms with Crippen LogP contribution in [0, 0.1) is 6.92 Å². The molecule has 0 aliphatic carbocycles. The van der Waals surface area contributed by atoms with Gasteiger partial charge in [-0.2, -0.15) is 0 Å². The number of carbonyl (C=O) groups excluding carboxylic acids is 2. The van der Waals surface area contributed by atoms with Crippen molar-refractivity contribution in [2.24, 2.45) is 0 Å². The van der Waals surface area contributed by atoms with Gasteiger partial charge in [-0.15, -0.1) is 0 Å². The molecule has 0 bridgehead atoms. The minimum absolute atomic E-state index is 0.154. The first-order valence-electron chi connectivity index (χ1n) is 11.5. The summed E-state index contributed by atoms with van der Waals surface area (Å²) in [6, 6.07) is 20.2. The molecule has 3 aromatic carbocycles. The van der Waals surface area contributed by atoms with E-state index in [1.54, 1.807) is 12.1 Å². The third-order valence-corrected chi connectivity index (χ3v) is 7.72. The molecule has 1 heterocycles. The van der Waals surface area contributed by atoms with E-state index in [0.29, 0.717) is 5.69 Å². The number of nitrogens with zero attached hydrogens (tertiary/aromatic N) is 1. The number of sulfone groups is 1. The molecule has 0 aliphatic heterocycles. The zero-order valence-corrected chi connectivity index (χ0v) is 20.8. The molecule has 0 saturated carbocycles. The number of hydrogen-bond acceptors (Lipinski definition) is 5. The molecule has 35 heavy (non-hydrogen) atoms. The number of carbonyl (C=O) groups is 2. The second-order valence-corrected chi connectivity index (χ2v) is 10.6. The van der Waals surface area contributed by atoms with Gasteiger partial charge in [0.05, 0.1) is 17.1 Å². The summed E-state index contributed by atoms with van der Waals surface area (Å²) in [5.74, 6) is -1.62. The lowest BCUT2D eigenvalue weighted by Gasteiger charge is -2.14. The number of amides is 1. The molecule has 0 aliphatic rings. The summed E-state index contributed by atoms with van der Waals surface area (Å²) in [6.45, 7) is 6.23. The summed E-state index contributed by atoms with van der Waals surface area (Å²) in [5.41, 5.74) is 3.72. The van der Waals surface area contributed by atoms with Crippen LogP contribution in [0.4, 0.5) is 5.69 Å². The molecule has 0 fully saturated rings. The molecule has 0 radical (unpaired) electrons. The minimum Gasteiger partial charge on any atom is -0.453 e. The van der Waals surface area contributed by atoms with Gasteiger partial charge in [-0.25, -0.2) is 8.42 Å². The lowest BCUT2D eigenvalue weighted by atomic mass is 10.1. The maximum atomic E-state index is 12.7. The zero-order valence-electron chi connectivity index (χ0n) is 19.9. The van der Waals surface area contributed by atoms with Crippen LogP contribution < -0.4 is 5.32 Å². The van der Waals surface area contributed by atoms with Crippen LogP contribution in [0.5, 0.6) is 0 Å². The van der Waals surface area contributed by atoms with Crippen molar-refractivity contribution in [3.05, 3.63) is 72.3 Å². The summed E-state index contributed by atoms with van der Waals surface area (Å²) in [6.07, 6.45) is -1.41. The maximum Gasteiger partial charge on any atom is 0.307 e. The van der Waals surface area contributed by atoms with Crippen molar-refractivity contribution in [1.82, 2.24) is 4.57 Å². The summed E-state index contributed by atoms with van der Waals surface area (Å²) in [5, 5.41) is 4.90. The van der Waals surface area contributed by atoms with Crippen LogP contribution in [0.1, 0.15) is 25.8 Å². The Labute approximate surface area is 204 Å².